The molecule has 226 valence electrons. The van der Waals surface area contributed by atoms with Gasteiger partial charge in [-0.25, -0.2) is 4.98 Å². The van der Waals surface area contributed by atoms with Crippen LogP contribution in [0.3, 0.4) is 0 Å². The molecular weight excluding hydrogens is 712 g/mol. The molecule has 2 heterocycles. The number of hydrogen-bond acceptors (Lipinski definition) is 9. The van der Waals surface area contributed by atoms with E-state index in [0.29, 0.717) is 27.6 Å². The van der Waals surface area contributed by atoms with Crippen LogP contribution >= 0.6 is 31.9 Å². The number of nitro benzene ring substituents is 1. The molecule has 0 amide bonds. The molecule has 0 aliphatic carbocycles. The monoisotopic (exact) mass is 732 g/mol. The highest BCUT2D eigenvalue weighted by molar-refractivity contribution is 9.11. The number of fused-ring (bicyclic) bond motifs is 2. The van der Waals surface area contributed by atoms with Crippen LogP contribution in [-0.2, 0) is 6.61 Å². The summed E-state index contributed by atoms with van der Waals surface area (Å²) in [6, 6.07) is 22.3. The average Bonchev–Trinajstić information content (AvgIpc) is 3.48. The number of methoxy groups -OCH3 is 2. The number of benzene rings is 4. The summed E-state index contributed by atoms with van der Waals surface area (Å²) in [5.41, 5.74) is 1.26. The first-order chi connectivity index (χ1) is 21.8. The highest BCUT2D eigenvalue weighted by Gasteiger charge is 2.23. The minimum atomic E-state index is -0.567. The van der Waals surface area contributed by atoms with Crippen molar-refractivity contribution in [1.82, 2.24) is 9.66 Å². The van der Waals surface area contributed by atoms with E-state index in [1.54, 1.807) is 55.6 Å². The highest BCUT2D eigenvalue weighted by atomic mass is 79.9. The van der Waals surface area contributed by atoms with Crippen molar-refractivity contribution >= 4 is 65.6 Å². The van der Waals surface area contributed by atoms with Gasteiger partial charge >= 0.3 is 5.69 Å². The van der Waals surface area contributed by atoms with E-state index in [-0.39, 0.29) is 40.9 Å². The van der Waals surface area contributed by atoms with Crippen LogP contribution in [0.1, 0.15) is 11.1 Å². The minimum absolute atomic E-state index is 0.0439. The van der Waals surface area contributed by atoms with Gasteiger partial charge in [0.2, 0.25) is 11.6 Å². The molecule has 0 atom stereocenters. The number of halogens is 2. The second-order valence-corrected chi connectivity index (χ2v) is 11.4. The Morgan fingerprint density at radius 2 is 1.78 bits per heavy atom. The quantitative estimate of drug-likeness (QED) is 0.0839. The molecule has 45 heavy (non-hydrogen) atoms. The van der Waals surface area contributed by atoms with Crippen LogP contribution in [-0.4, -0.2) is 35.0 Å². The number of aromatic nitrogens is 2. The largest absolute Gasteiger partial charge is 0.496 e. The van der Waals surface area contributed by atoms with E-state index < -0.39 is 10.5 Å². The fraction of sp³-hybridized carbons (Fsp3) is 0.0938. The van der Waals surface area contributed by atoms with Crippen molar-refractivity contribution < 1.29 is 23.6 Å². The molecule has 0 aliphatic heterocycles. The van der Waals surface area contributed by atoms with Crippen molar-refractivity contribution in [2.45, 2.75) is 6.61 Å². The molecule has 6 rings (SSSR count). The Morgan fingerprint density at radius 3 is 2.53 bits per heavy atom. The Balaban J connectivity index is 1.44. The van der Waals surface area contributed by atoms with Crippen molar-refractivity contribution in [2.24, 2.45) is 5.10 Å². The first kappa shape index (κ1) is 30.0. The molecule has 0 N–H and O–H groups in total. The van der Waals surface area contributed by atoms with Gasteiger partial charge in [0.1, 0.15) is 17.9 Å². The van der Waals surface area contributed by atoms with E-state index >= 15 is 0 Å². The number of nitro groups is 1. The van der Waals surface area contributed by atoms with Crippen LogP contribution < -0.4 is 19.8 Å². The average molecular weight is 734 g/mol. The number of rotatable bonds is 9. The molecule has 0 unspecified atom stereocenters. The number of nitrogens with zero attached hydrogens (tertiary/aromatic N) is 4. The van der Waals surface area contributed by atoms with Crippen LogP contribution in [0, 0.1) is 10.1 Å². The normalized spacial score (nSPS) is 11.4. The van der Waals surface area contributed by atoms with Gasteiger partial charge in [-0.05, 0) is 48.5 Å². The van der Waals surface area contributed by atoms with Crippen LogP contribution in [0.5, 0.6) is 17.2 Å². The van der Waals surface area contributed by atoms with Crippen molar-refractivity contribution in [1.29, 1.82) is 0 Å². The van der Waals surface area contributed by atoms with Gasteiger partial charge in [-0.1, -0.05) is 56.1 Å². The van der Waals surface area contributed by atoms with Gasteiger partial charge in [-0.3, -0.25) is 14.9 Å². The summed E-state index contributed by atoms with van der Waals surface area (Å²) in [5, 5.41) is 17.6. The lowest BCUT2D eigenvalue weighted by Crippen LogP contribution is -2.20. The van der Waals surface area contributed by atoms with Crippen LogP contribution in [0.25, 0.3) is 33.5 Å². The zero-order valence-corrected chi connectivity index (χ0v) is 26.9. The Morgan fingerprint density at radius 1 is 0.978 bits per heavy atom. The van der Waals surface area contributed by atoms with Gasteiger partial charge in [0.05, 0.1) is 41.6 Å². The second-order valence-electron chi connectivity index (χ2n) is 9.65. The summed E-state index contributed by atoms with van der Waals surface area (Å²) in [6.07, 6.45) is 1.31. The fourth-order valence-corrected chi connectivity index (χ4v) is 5.90. The number of ether oxygens (including phenoxy) is 3. The molecule has 2 aromatic heterocycles. The zero-order chi connectivity index (χ0) is 31.7. The molecule has 0 saturated heterocycles. The van der Waals surface area contributed by atoms with E-state index in [4.69, 9.17) is 18.6 Å². The Hall–Kier alpha value is -5.01. The lowest BCUT2D eigenvalue weighted by Gasteiger charge is -2.13. The summed E-state index contributed by atoms with van der Waals surface area (Å²) in [4.78, 5) is 29.9. The Kier molecular flexibility index (Phi) is 8.37. The third-order valence-electron chi connectivity index (χ3n) is 6.90. The molecule has 4 aromatic carbocycles. The van der Waals surface area contributed by atoms with Crippen molar-refractivity contribution in [3.63, 3.8) is 0 Å². The molecule has 6 aromatic rings. The van der Waals surface area contributed by atoms with Crippen molar-refractivity contribution in [2.75, 3.05) is 14.2 Å². The Labute approximate surface area is 272 Å². The molecule has 0 saturated carbocycles. The first-order valence-corrected chi connectivity index (χ1v) is 14.9. The second kappa shape index (κ2) is 12.5. The highest BCUT2D eigenvalue weighted by Crippen LogP contribution is 2.39. The number of para-hydroxylation sites is 1. The van der Waals surface area contributed by atoms with E-state index in [2.05, 4.69) is 41.9 Å². The lowest BCUT2D eigenvalue weighted by atomic mass is 10.1. The maximum atomic E-state index is 13.7. The van der Waals surface area contributed by atoms with Crippen LogP contribution in [0.2, 0.25) is 0 Å². The van der Waals surface area contributed by atoms with E-state index in [1.165, 1.54) is 25.5 Å². The SMILES string of the molecule is COc1cc(C=Nn2c(-c3cc4c(OC)cccc4o3)nc3ccccc3c2=O)cc([N+](=O)[O-])c1OCc1ccc(Br)cc1Br. The lowest BCUT2D eigenvalue weighted by molar-refractivity contribution is -0.386. The maximum Gasteiger partial charge on any atom is 0.315 e. The van der Waals surface area contributed by atoms with Gasteiger partial charge in [0.15, 0.2) is 11.5 Å². The molecule has 0 fully saturated rings. The van der Waals surface area contributed by atoms with Crippen LogP contribution in [0.4, 0.5) is 5.69 Å². The van der Waals surface area contributed by atoms with Gasteiger partial charge in [0.25, 0.3) is 5.56 Å². The molecule has 0 bridgehead atoms. The third kappa shape index (κ3) is 5.91. The summed E-state index contributed by atoms with van der Waals surface area (Å²) in [7, 11) is 2.94. The summed E-state index contributed by atoms with van der Waals surface area (Å²) in [5.74, 6) is 1.08. The Bertz CT molecular complexity index is 2190. The summed E-state index contributed by atoms with van der Waals surface area (Å²) >= 11 is 6.88. The summed E-state index contributed by atoms with van der Waals surface area (Å²) < 4.78 is 25.6. The topological polar surface area (TPSA) is 131 Å². The van der Waals surface area contributed by atoms with Gasteiger partial charge in [0, 0.05) is 26.1 Å². The molecular formula is C32H22Br2N4O7. The minimum Gasteiger partial charge on any atom is -0.496 e. The smallest absolute Gasteiger partial charge is 0.315 e. The van der Waals surface area contributed by atoms with Gasteiger partial charge in [-0.15, -0.1) is 0 Å². The molecule has 0 spiro atoms. The third-order valence-corrected chi connectivity index (χ3v) is 8.13. The summed E-state index contributed by atoms with van der Waals surface area (Å²) in [6.45, 7) is 0.0439. The van der Waals surface area contributed by atoms with E-state index in [0.717, 1.165) is 19.2 Å². The van der Waals surface area contributed by atoms with Crippen molar-refractivity contribution in [3.8, 4) is 28.8 Å². The van der Waals surface area contributed by atoms with Crippen LogP contribution in [0.15, 0.2) is 102 Å². The van der Waals surface area contributed by atoms with E-state index in [1.807, 2.05) is 18.2 Å². The van der Waals surface area contributed by atoms with E-state index in [9.17, 15) is 14.9 Å². The number of furan rings is 1. The first-order valence-electron chi connectivity index (χ1n) is 13.3. The van der Waals surface area contributed by atoms with Gasteiger partial charge in [-0.2, -0.15) is 9.78 Å². The molecule has 13 heteroatoms. The molecule has 0 radical (unpaired) electrons. The van der Waals surface area contributed by atoms with Gasteiger partial charge < -0.3 is 18.6 Å². The standard InChI is InChI=1S/C32H22Br2N4O7/c1-42-26-8-5-9-27-22(26)15-29(45-27)31-36-24-7-4-3-6-21(24)32(39)37(31)35-16-18-12-25(38(40)41)30(28(13-18)43-2)44-17-19-10-11-20(33)14-23(19)34/h3-16H,17H2,1-2H3. The van der Waals surface area contributed by atoms with Crippen molar-refractivity contribution in [3.05, 3.63) is 119 Å². The predicted molar refractivity (Wildman–Crippen MR) is 177 cm³/mol. The molecule has 0 aliphatic rings. The zero-order valence-electron chi connectivity index (χ0n) is 23.7. The maximum absolute atomic E-state index is 13.7. The number of hydrogen-bond donors (Lipinski definition) is 0. The predicted octanol–water partition coefficient (Wildman–Crippen LogP) is 7.72. The fourth-order valence-electron chi connectivity index (χ4n) is 4.74. The molecule has 11 nitrogen and oxygen atoms in total.